The number of rotatable bonds is 11. The number of carboxylic acids is 1. The van der Waals surface area contributed by atoms with Gasteiger partial charge < -0.3 is 30.5 Å². The van der Waals surface area contributed by atoms with Crippen LogP contribution in [0.2, 0.25) is 0 Å². The second kappa shape index (κ2) is 15.6. The SMILES string of the molecule is O=C([O-])CCCCCc1ccc2c(c1)C[C@@H](NC[C@@H](O)c1ccc([O-])c(CO)c1)CC2.[Na+].[Na+]. The Morgan fingerprint density at radius 3 is 2.61 bits per heavy atom. The number of nitrogens with one attached hydrogen (secondary N) is 1. The number of carbonyl (C=O) groups is 1. The van der Waals surface area contributed by atoms with E-state index in [-0.39, 0.29) is 83.9 Å². The quantitative estimate of drug-likeness (QED) is 0.224. The van der Waals surface area contributed by atoms with E-state index >= 15 is 0 Å². The third-order valence-electron chi connectivity index (χ3n) is 6.09. The number of unbranched alkanes of at least 4 members (excludes halogenated alkanes) is 2. The number of aryl methyl sites for hydroxylation is 2. The first-order chi connectivity index (χ1) is 15.0. The van der Waals surface area contributed by atoms with Crippen LogP contribution in [0.5, 0.6) is 5.75 Å². The van der Waals surface area contributed by atoms with Crippen molar-refractivity contribution in [3.05, 3.63) is 64.2 Å². The second-order valence-electron chi connectivity index (χ2n) is 8.42. The first-order valence-electron chi connectivity index (χ1n) is 11.1. The summed E-state index contributed by atoms with van der Waals surface area (Å²) in [6.45, 7) is 0.0620. The van der Waals surface area contributed by atoms with Gasteiger partial charge in [-0.25, -0.2) is 0 Å². The van der Waals surface area contributed by atoms with Gasteiger partial charge in [0.2, 0.25) is 0 Å². The van der Waals surface area contributed by atoms with Crippen LogP contribution >= 0.6 is 0 Å². The van der Waals surface area contributed by atoms with Gasteiger partial charge in [0.25, 0.3) is 0 Å². The van der Waals surface area contributed by atoms with Gasteiger partial charge in [0, 0.05) is 18.6 Å². The van der Waals surface area contributed by atoms with E-state index in [1.54, 1.807) is 12.1 Å². The molecule has 0 spiro atoms. The maximum Gasteiger partial charge on any atom is 1.00 e. The molecule has 0 bridgehead atoms. The average Bonchev–Trinajstić information content (AvgIpc) is 2.77. The monoisotopic (exact) mass is 471 g/mol. The number of aliphatic carboxylic acids is 1. The molecule has 3 N–H and O–H groups in total. The van der Waals surface area contributed by atoms with Gasteiger partial charge >= 0.3 is 59.1 Å². The van der Waals surface area contributed by atoms with Gasteiger partial charge in [0.1, 0.15) is 0 Å². The molecule has 0 radical (unpaired) electrons. The fourth-order valence-corrected chi connectivity index (χ4v) is 4.24. The maximum atomic E-state index is 11.6. The molecule has 2 aromatic carbocycles. The fraction of sp³-hybridized carbons (Fsp3) is 0.480. The van der Waals surface area contributed by atoms with E-state index in [4.69, 9.17) is 0 Å². The standard InChI is InChI=1S/C25H33NO5.2Na/c27-16-21-13-19(9-11-23(21)28)24(29)15-26-22-10-8-18-7-6-17(12-20(18)14-22)4-2-1-3-5-25(30)31;;/h6-7,9,11-13,22,24,26-29H,1-5,8,10,14-16H2,(H,30,31);;/q;2*+1/p-2/t22-,24+;;/m0../s1. The molecule has 0 unspecified atom stereocenters. The molecule has 1 aliphatic carbocycles. The maximum absolute atomic E-state index is 11.6. The molecular formula is C25H31NNa2O5. The van der Waals surface area contributed by atoms with Gasteiger partial charge in [0.15, 0.2) is 0 Å². The molecule has 168 valence electrons. The van der Waals surface area contributed by atoms with Crippen molar-refractivity contribution in [2.45, 2.75) is 70.1 Å². The summed E-state index contributed by atoms with van der Waals surface area (Å²) in [4.78, 5) is 10.5. The van der Waals surface area contributed by atoms with Crippen LogP contribution in [0.25, 0.3) is 0 Å². The Labute approximate surface area is 240 Å². The predicted molar refractivity (Wildman–Crippen MR) is 114 cm³/mol. The number of aliphatic hydroxyl groups is 2. The van der Waals surface area contributed by atoms with Crippen molar-refractivity contribution in [3.8, 4) is 5.75 Å². The summed E-state index contributed by atoms with van der Waals surface area (Å²) in [5.41, 5.74) is 4.92. The minimum absolute atomic E-state index is 0. The van der Waals surface area contributed by atoms with E-state index in [1.807, 2.05) is 0 Å². The molecule has 0 heterocycles. The minimum Gasteiger partial charge on any atom is -0.872 e. The van der Waals surface area contributed by atoms with Gasteiger partial charge in [-0.3, -0.25) is 0 Å². The third-order valence-corrected chi connectivity index (χ3v) is 6.09. The van der Waals surface area contributed by atoms with E-state index < -0.39 is 12.1 Å². The Kier molecular flexibility index (Phi) is 14.4. The first-order valence-corrected chi connectivity index (χ1v) is 11.1. The first kappa shape index (κ1) is 30.6. The van der Waals surface area contributed by atoms with Crippen molar-refractivity contribution >= 4 is 5.97 Å². The number of carbonyl (C=O) groups excluding carboxylic acids is 1. The molecule has 0 saturated carbocycles. The van der Waals surface area contributed by atoms with Crippen LogP contribution < -0.4 is 74.6 Å². The zero-order valence-electron chi connectivity index (χ0n) is 19.8. The van der Waals surface area contributed by atoms with E-state index in [0.29, 0.717) is 24.1 Å². The molecule has 8 heteroatoms. The van der Waals surface area contributed by atoms with Crippen LogP contribution in [0.4, 0.5) is 0 Å². The Balaban J connectivity index is 0.00000272. The summed E-state index contributed by atoms with van der Waals surface area (Å²) < 4.78 is 0. The largest absolute Gasteiger partial charge is 1.00 e. The van der Waals surface area contributed by atoms with Crippen LogP contribution in [0.15, 0.2) is 36.4 Å². The second-order valence-corrected chi connectivity index (χ2v) is 8.42. The third kappa shape index (κ3) is 9.63. The van der Waals surface area contributed by atoms with E-state index in [0.717, 1.165) is 38.5 Å². The molecule has 0 amide bonds. The van der Waals surface area contributed by atoms with E-state index in [9.17, 15) is 25.2 Å². The fourth-order valence-electron chi connectivity index (χ4n) is 4.24. The van der Waals surface area contributed by atoms with Crippen molar-refractivity contribution in [1.29, 1.82) is 0 Å². The molecule has 2 aromatic rings. The molecule has 3 rings (SSSR count). The van der Waals surface area contributed by atoms with Gasteiger partial charge in [-0.15, -0.1) is 5.75 Å². The van der Waals surface area contributed by atoms with Crippen molar-refractivity contribution in [1.82, 2.24) is 5.32 Å². The van der Waals surface area contributed by atoms with Crippen molar-refractivity contribution < 1.29 is 84.3 Å². The Bertz CT molecular complexity index is 893. The summed E-state index contributed by atoms with van der Waals surface area (Å²) in [6, 6.07) is 11.5. The topological polar surface area (TPSA) is 116 Å². The zero-order valence-corrected chi connectivity index (χ0v) is 23.8. The Morgan fingerprint density at radius 2 is 1.88 bits per heavy atom. The van der Waals surface area contributed by atoms with Crippen molar-refractivity contribution in [2.75, 3.05) is 6.54 Å². The molecule has 6 nitrogen and oxygen atoms in total. The van der Waals surface area contributed by atoms with Crippen LogP contribution in [0, 0.1) is 0 Å². The number of benzene rings is 2. The van der Waals surface area contributed by atoms with Gasteiger partial charge in [-0.2, -0.15) is 0 Å². The predicted octanol–water partition coefficient (Wildman–Crippen LogP) is -4.71. The molecular weight excluding hydrogens is 440 g/mol. The van der Waals surface area contributed by atoms with Crippen molar-refractivity contribution in [3.63, 3.8) is 0 Å². The number of carboxylic acid groups (broad SMARTS) is 1. The normalized spacial score (nSPS) is 15.6. The molecule has 2 atom stereocenters. The van der Waals surface area contributed by atoms with Crippen LogP contribution in [-0.2, 0) is 30.7 Å². The van der Waals surface area contributed by atoms with E-state index in [2.05, 4.69) is 23.5 Å². The molecule has 1 aliphatic rings. The Hall–Kier alpha value is -0.410. The minimum atomic E-state index is -0.978. The number of hydrogen-bond acceptors (Lipinski definition) is 6. The number of fused-ring (bicyclic) bond motifs is 1. The Morgan fingerprint density at radius 1 is 1.09 bits per heavy atom. The summed E-state index contributed by atoms with van der Waals surface area (Å²) in [6.07, 6.45) is 5.76. The van der Waals surface area contributed by atoms with Gasteiger partial charge in [-0.1, -0.05) is 42.8 Å². The number of aliphatic hydroxyl groups excluding tert-OH is 2. The van der Waals surface area contributed by atoms with Crippen LogP contribution in [0.1, 0.15) is 66.0 Å². The van der Waals surface area contributed by atoms with Crippen LogP contribution in [0.3, 0.4) is 0 Å². The average molecular weight is 472 g/mol. The number of hydrogen-bond donors (Lipinski definition) is 3. The smallest absolute Gasteiger partial charge is 0.872 e. The summed E-state index contributed by atoms with van der Waals surface area (Å²) in [7, 11) is 0. The molecule has 0 aromatic heterocycles. The summed E-state index contributed by atoms with van der Waals surface area (Å²) in [5, 5.41) is 45.3. The summed E-state index contributed by atoms with van der Waals surface area (Å²) >= 11 is 0. The molecule has 0 saturated heterocycles. The molecule has 33 heavy (non-hydrogen) atoms. The molecule has 0 fully saturated rings. The van der Waals surface area contributed by atoms with Crippen molar-refractivity contribution in [2.24, 2.45) is 0 Å². The zero-order chi connectivity index (χ0) is 22.2. The molecule has 0 aliphatic heterocycles. The van der Waals surface area contributed by atoms with Gasteiger partial charge in [0.05, 0.1) is 12.7 Å². The van der Waals surface area contributed by atoms with Crippen LogP contribution in [-0.4, -0.2) is 28.8 Å². The summed E-state index contributed by atoms with van der Waals surface area (Å²) in [5.74, 6) is -1.20. The van der Waals surface area contributed by atoms with Gasteiger partial charge in [-0.05, 0) is 72.8 Å². The van der Waals surface area contributed by atoms with E-state index in [1.165, 1.54) is 22.8 Å².